The van der Waals surface area contributed by atoms with Crippen LogP contribution in [-0.2, 0) is 20.9 Å². The van der Waals surface area contributed by atoms with Crippen LogP contribution in [0.5, 0.6) is 11.6 Å². The molecule has 0 spiro atoms. The van der Waals surface area contributed by atoms with Gasteiger partial charge in [-0.1, -0.05) is 64.5 Å². The van der Waals surface area contributed by atoms with E-state index in [0.717, 1.165) is 24.8 Å². The standard InChI is InChI=1S/C36H45N7O4/c1-8-22(4)36(7)29(17-35(6,9-2)16-21(3)26-13-14-28(44)31(26)36)47-30(45)19-43-18-27(41-42-43)24-11-10-12-25(15-24)46-34-32-33(38-20-37-32)39-23(5)40-34/h9-12,15,18,20-22,26,29,31H,2,8,13-14,16-17,19H2,1,3-7H3,(H,37,38,39,40)/t21?,22?,26?,29?,31?,35-,36-/m0/s1. The molecule has 1 aromatic carbocycles. The van der Waals surface area contributed by atoms with Gasteiger partial charge < -0.3 is 14.5 Å². The largest absolute Gasteiger partial charge is 0.460 e. The van der Waals surface area contributed by atoms with Crippen molar-refractivity contribution in [2.24, 2.45) is 34.5 Å². The number of esters is 1. The maximum absolute atomic E-state index is 13.7. The number of hydrogen-bond donors (Lipinski definition) is 1. The fraction of sp³-hybridized carbons (Fsp3) is 0.528. The van der Waals surface area contributed by atoms with E-state index in [2.05, 4.69) is 71.4 Å². The van der Waals surface area contributed by atoms with Crippen LogP contribution in [0, 0.1) is 41.4 Å². The van der Waals surface area contributed by atoms with E-state index in [9.17, 15) is 9.59 Å². The molecule has 47 heavy (non-hydrogen) atoms. The molecule has 2 fully saturated rings. The molecule has 0 saturated heterocycles. The van der Waals surface area contributed by atoms with Crippen LogP contribution < -0.4 is 4.74 Å². The van der Waals surface area contributed by atoms with Crippen LogP contribution in [0.4, 0.5) is 0 Å². The number of hydrogen-bond acceptors (Lipinski definition) is 9. The Kier molecular flexibility index (Phi) is 8.76. The van der Waals surface area contributed by atoms with Gasteiger partial charge in [0.1, 0.15) is 41.2 Å². The number of ketones is 1. The summed E-state index contributed by atoms with van der Waals surface area (Å²) in [6.07, 6.45) is 8.76. The van der Waals surface area contributed by atoms with Gasteiger partial charge in [-0.05, 0) is 61.5 Å². The van der Waals surface area contributed by atoms with Crippen molar-refractivity contribution < 1.29 is 19.1 Å². The number of aryl methyl sites for hydroxylation is 1. The van der Waals surface area contributed by atoms with E-state index in [4.69, 9.17) is 9.47 Å². The number of nitrogens with one attached hydrogen (secondary N) is 1. The van der Waals surface area contributed by atoms with Crippen molar-refractivity contribution >= 4 is 22.9 Å². The molecular weight excluding hydrogens is 594 g/mol. The lowest BCUT2D eigenvalue weighted by Crippen LogP contribution is -2.54. The molecule has 7 atom stereocenters. The number of rotatable bonds is 9. The van der Waals surface area contributed by atoms with E-state index in [1.165, 1.54) is 4.68 Å². The number of aromatic nitrogens is 7. The van der Waals surface area contributed by atoms with Crippen LogP contribution in [0.3, 0.4) is 0 Å². The molecule has 2 aliphatic rings. The number of carbonyl (C=O) groups is 2. The highest BCUT2D eigenvalue weighted by molar-refractivity contribution is 5.84. The summed E-state index contributed by atoms with van der Waals surface area (Å²) in [4.78, 5) is 43.2. The molecule has 6 rings (SSSR count). The Balaban J connectivity index is 1.22. The van der Waals surface area contributed by atoms with Crippen LogP contribution >= 0.6 is 0 Å². The Morgan fingerprint density at radius 1 is 1.26 bits per heavy atom. The number of allylic oxidation sites excluding steroid dienone is 1. The second-order valence-corrected chi connectivity index (χ2v) is 14.2. The minimum absolute atomic E-state index is 0.0997. The lowest BCUT2D eigenvalue weighted by atomic mass is 9.54. The molecule has 11 heteroatoms. The average molecular weight is 640 g/mol. The SMILES string of the molecule is C=C[C@@]1(C)CC(C)C2CCC(=O)C2[C@@](C)(C(C)CC)C(OC(=O)Cn2cc(-c3cccc(Oc4nc(C)nc5nc[nH]c45)c3)nn2)C1. The van der Waals surface area contributed by atoms with Gasteiger partial charge in [0.05, 0.1) is 12.5 Å². The molecule has 2 saturated carbocycles. The van der Waals surface area contributed by atoms with Gasteiger partial charge in [-0.15, -0.1) is 11.7 Å². The molecule has 1 N–H and O–H groups in total. The highest BCUT2D eigenvalue weighted by Crippen LogP contribution is 2.57. The molecule has 3 aromatic heterocycles. The van der Waals surface area contributed by atoms with Gasteiger partial charge in [0.25, 0.3) is 0 Å². The normalized spacial score (nSPS) is 28.3. The third kappa shape index (κ3) is 6.19. The molecule has 2 aliphatic carbocycles. The lowest BCUT2D eigenvalue weighted by molar-refractivity contribution is -0.174. The van der Waals surface area contributed by atoms with E-state index >= 15 is 0 Å². The van der Waals surface area contributed by atoms with Crippen molar-refractivity contribution in [2.75, 3.05) is 0 Å². The van der Waals surface area contributed by atoms with Gasteiger partial charge in [-0.2, -0.15) is 4.98 Å². The number of carbonyl (C=O) groups excluding carboxylic acids is 2. The summed E-state index contributed by atoms with van der Waals surface area (Å²) in [7, 11) is 0. The van der Waals surface area contributed by atoms with Crippen molar-refractivity contribution in [1.82, 2.24) is 34.9 Å². The summed E-state index contributed by atoms with van der Waals surface area (Å²) in [5, 5.41) is 8.58. The summed E-state index contributed by atoms with van der Waals surface area (Å²) >= 11 is 0. The first kappa shape index (κ1) is 32.5. The Morgan fingerprint density at radius 3 is 2.83 bits per heavy atom. The van der Waals surface area contributed by atoms with Crippen LogP contribution in [-0.4, -0.2) is 52.8 Å². The number of H-pyrrole nitrogens is 1. The van der Waals surface area contributed by atoms with Gasteiger partial charge in [0.15, 0.2) is 5.65 Å². The number of aromatic amines is 1. The number of benzene rings is 1. The maximum Gasteiger partial charge on any atom is 0.328 e. The van der Waals surface area contributed by atoms with Crippen LogP contribution in [0.2, 0.25) is 0 Å². The maximum atomic E-state index is 13.7. The van der Waals surface area contributed by atoms with Gasteiger partial charge in [-0.25, -0.2) is 14.6 Å². The first-order valence-electron chi connectivity index (χ1n) is 16.7. The molecule has 248 valence electrons. The van der Waals surface area contributed by atoms with Crippen LogP contribution in [0.25, 0.3) is 22.4 Å². The monoisotopic (exact) mass is 639 g/mol. The zero-order chi connectivity index (χ0) is 33.5. The quantitative estimate of drug-likeness (QED) is 0.153. The Labute approximate surface area is 275 Å². The van der Waals surface area contributed by atoms with Gasteiger partial charge in [0, 0.05) is 23.3 Å². The molecule has 4 aromatic rings. The van der Waals surface area contributed by atoms with E-state index < -0.39 is 17.5 Å². The third-order valence-electron chi connectivity index (χ3n) is 11.0. The fourth-order valence-corrected chi connectivity index (χ4v) is 8.15. The second-order valence-electron chi connectivity index (χ2n) is 14.2. The van der Waals surface area contributed by atoms with E-state index in [1.807, 2.05) is 30.3 Å². The molecule has 0 aliphatic heterocycles. The fourth-order valence-electron chi connectivity index (χ4n) is 8.15. The molecule has 11 nitrogen and oxygen atoms in total. The van der Waals surface area contributed by atoms with E-state index in [-0.39, 0.29) is 29.7 Å². The smallest absolute Gasteiger partial charge is 0.328 e. The number of nitrogens with zero attached hydrogens (tertiary/aromatic N) is 6. The Morgan fingerprint density at radius 2 is 2.06 bits per heavy atom. The van der Waals surface area contributed by atoms with Gasteiger partial charge in [-0.3, -0.25) is 9.59 Å². The molecule has 5 unspecified atom stereocenters. The molecule has 0 amide bonds. The van der Waals surface area contributed by atoms with Crippen molar-refractivity contribution in [3.63, 3.8) is 0 Å². The zero-order valence-electron chi connectivity index (χ0n) is 28.2. The van der Waals surface area contributed by atoms with Crippen molar-refractivity contribution in [2.45, 2.75) is 86.3 Å². The molecule has 0 bridgehead atoms. The summed E-state index contributed by atoms with van der Waals surface area (Å²) < 4.78 is 14.0. The summed E-state index contributed by atoms with van der Waals surface area (Å²) in [6, 6.07) is 7.42. The minimum atomic E-state index is -0.500. The van der Waals surface area contributed by atoms with Crippen molar-refractivity contribution in [3.05, 3.63) is 55.3 Å². The average Bonchev–Trinajstić information content (AvgIpc) is 3.80. The summed E-state index contributed by atoms with van der Waals surface area (Å²) in [5.41, 5.74) is 1.75. The third-order valence-corrected chi connectivity index (χ3v) is 11.0. The Hall–Kier alpha value is -4.41. The number of ether oxygens (including phenoxy) is 2. The highest BCUT2D eigenvalue weighted by Gasteiger charge is 2.58. The minimum Gasteiger partial charge on any atom is -0.460 e. The van der Waals surface area contributed by atoms with Crippen molar-refractivity contribution in [3.8, 4) is 22.9 Å². The van der Waals surface area contributed by atoms with Crippen molar-refractivity contribution in [1.29, 1.82) is 0 Å². The summed E-state index contributed by atoms with van der Waals surface area (Å²) in [5.74, 6) is 2.07. The van der Waals surface area contributed by atoms with Gasteiger partial charge >= 0.3 is 5.97 Å². The van der Waals surface area contributed by atoms with Crippen LogP contribution in [0.1, 0.15) is 72.5 Å². The number of imidazole rings is 1. The number of Topliss-reactive ketones (excluding diaryl/α,β-unsaturated/α-hetero) is 1. The molecule has 0 radical (unpaired) electrons. The summed E-state index contributed by atoms with van der Waals surface area (Å²) in [6.45, 7) is 16.9. The second kappa shape index (κ2) is 12.7. The predicted octanol–water partition coefficient (Wildman–Crippen LogP) is 6.89. The van der Waals surface area contributed by atoms with E-state index in [1.54, 1.807) is 19.4 Å². The van der Waals surface area contributed by atoms with Crippen LogP contribution in [0.15, 0.2) is 49.4 Å². The first-order chi connectivity index (χ1) is 22.4. The molecule has 3 heterocycles. The van der Waals surface area contributed by atoms with E-state index in [0.29, 0.717) is 58.9 Å². The predicted molar refractivity (Wildman–Crippen MR) is 177 cm³/mol. The lowest BCUT2D eigenvalue weighted by Gasteiger charge is -2.52. The first-order valence-corrected chi connectivity index (χ1v) is 16.7. The number of fused-ring (bicyclic) bond motifs is 2. The highest BCUT2D eigenvalue weighted by atomic mass is 16.5. The zero-order valence-corrected chi connectivity index (χ0v) is 28.2. The van der Waals surface area contributed by atoms with Gasteiger partial charge in [0.2, 0.25) is 5.88 Å². The topological polar surface area (TPSA) is 138 Å². The molecular formula is C36H45N7O4. The Bertz CT molecular complexity index is 1800.